The summed E-state index contributed by atoms with van der Waals surface area (Å²) >= 11 is 5.92. The number of carbonyl (C=O) groups is 1. The standard InChI is InChI=1S/C16H15ClN2O2/c1-10-6-14(11(2)19(10)3)16(20)9-21-13-5-4-12(8-18)15(17)7-13/h4-7H,9H2,1-3H3. The van der Waals surface area contributed by atoms with E-state index in [1.807, 2.05) is 37.6 Å². The number of ether oxygens (including phenoxy) is 1. The van der Waals surface area contributed by atoms with Crippen LogP contribution >= 0.6 is 11.6 Å². The van der Waals surface area contributed by atoms with Crippen molar-refractivity contribution in [2.24, 2.45) is 7.05 Å². The van der Waals surface area contributed by atoms with Crippen LogP contribution in [-0.4, -0.2) is 17.0 Å². The number of nitrogens with zero attached hydrogens (tertiary/aromatic N) is 2. The molecule has 21 heavy (non-hydrogen) atoms. The molecule has 0 radical (unpaired) electrons. The third-order valence-corrected chi connectivity index (χ3v) is 3.82. The lowest BCUT2D eigenvalue weighted by atomic mass is 10.1. The van der Waals surface area contributed by atoms with Gasteiger partial charge in [0.1, 0.15) is 11.8 Å². The summed E-state index contributed by atoms with van der Waals surface area (Å²) in [5, 5.41) is 9.12. The molecule has 0 atom stereocenters. The van der Waals surface area contributed by atoms with Crippen molar-refractivity contribution in [3.8, 4) is 11.8 Å². The van der Waals surface area contributed by atoms with Gasteiger partial charge in [0.15, 0.2) is 6.61 Å². The predicted molar refractivity (Wildman–Crippen MR) is 80.9 cm³/mol. The minimum Gasteiger partial charge on any atom is -0.485 e. The van der Waals surface area contributed by atoms with Gasteiger partial charge in [-0.2, -0.15) is 5.26 Å². The zero-order chi connectivity index (χ0) is 15.6. The molecule has 0 saturated heterocycles. The summed E-state index contributed by atoms with van der Waals surface area (Å²) in [6, 6.07) is 8.56. The van der Waals surface area contributed by atoms with Crippen LogP contribution in [0.3, 0.4) is 0 Å². The third kappa shape index (κ3) is 3.09. The Labute approximate surface area is 128 Å². The van der Waals surface area contributed by atoms with Crippen molar-refractivity contribution in [2.75, 3.05) is 6.61 Å². The molecule has 5 heteroatoms. The molecule has 2 rings (SSSR count). The smallest absolute Gasteiger partial charge is 0.202 e. The van der Waals surface area contributed by atoms with Gasteiger partial charge in [-0.15, -0.1) is 0 Å². The van der Waals surface area contributed by atoms with E-state index in [-0.39, 0.29) is 12.4 Å². The van der Waals surface area contributed by atoms with Crippen LogP contribution in [0.5, 0.6) is 5.75 Å². The Morgan fingerprint density at radius 1 is 1.38 bits per heavy atom. The highest BCUT2D eigenvalue weighted by Gasteiger charge is 2.14. The van der Waals surface area contributed by atoms with Gasteiger partial charge in [-0.25, -0.2) is 0 Å². The molecule has 0 amide bonds. The molecule has 0 saturated carbocycles. The van der Waals surface area contributed by atoms with Gasteiger partial charge >= 0.3 is 0 Å². The minimum absolute atomic E-state index is 0.0630. The number of aromatic nitrogens is 1. The van der Waals surface area contributed by atoms with Crippen LogP contribution in [0.1, 0.15) is 27.3 Å². The number of aryl methyl sites for hydroxylation is 1. The number of hydrogen-bond acceptors (Lipinski definition) is 3. The Morgan fingerprint density at radius 2 is 2.10 bits per heavy atom. The molecule has 108 valence electrons. The quantitative estimate of drug-likeness (QED) is 0.813. The zero-order valence-electron chi connectivity index (χ0n) is 12.1. The van der Waals surface area contributed by atoms with Gasteiger partial charge < -0.3 is 9.30 Å². The molecule has 0 N–H and O–H groups in total. The SMILES string of the molecule is Cc1cc(C(=O)COc2ccc(C#N)c(Cl)c2)c(C)n1C. The summed E-state index contributed by atoms with van der Waals surface area (Å²) < 4.78 is 7.42. The van der Waals surface area contributed by atoms with Gasteiger partial charge in [0.2, 0.25) is 5.78 Å². The lowest BCUT2D eigenvalue weighted by Crippen LogP contribution is -2.12. The number of halogens is 1. The first-order valence-corrected chi connectivity index (χ1v) is 6.80. The summed E-state index contributed by atoms with van der Waals surface area (Å²) in [5.74, 6) is 0.384. The zero-order valence-corrected chi connectivity index (χ0v) is 12.9. The Morgan fingerprint density at radius 3 is 2.62 bits per heavy atom. The second-order valence-corrected chi connectivity index (χ2v) is 5.22. The monoisotopic (exact) mass is 302 g/mol. The van der Waals surface area contributed by atoms with Gasteiger partial charge in [0.05, 0.1) is 10.6 Å². The molecular formula is C16H15ClN2O2. The third-order valence-electron chi connectivity index (χ3n) is 3.51. The minimum atomic E-state index is -0.0864. The molecule has 0 spiro atoms. The Balaban J connectivity index is 2.09. The first-order chi connectivity index (χ1) is 9.93. The van der Waals surface area contributed by atoms with Gasteiger partial charge in [-0.05, 0) is 32.0 Å². The van der Waals surface area contributed by atoms with Crippen LogP contribution in [0.15, 0.2) is 24.3 Å². The Kier molecular flexibility index (Phi) is 4.35. The van der Waals surface area contributed by atoms with Crippen molar-refractivity contribution in [1.29, 1.82) is 5.26 Å². The van der Waals surface area contributed by atoms with E-state index in [1.165, 1.54) is 6.07 Å². The summed E-state index contributed by atoms with van der Waals surface area (Å²) in [6.45, 7) is 3.79. The van der Waals surface area contributed by atoms with Crippen molar-refractivity contribution in [3.05, 3.63) is 51.8 Å². The van der Waals surface area contributed by atoms with E-state index < -0.39 is 0 Å². The number of rotatable bonds is 4. The van der Waals surface area contributed by atoms with Crippen LogP contribution in [-0.2, 0) is 7.05 Å². The molecule has 0 fully saturated rings. The number of hydrogen-bond donors (Lipinski definition) is 0. The first-order valence-electron chi connectivity index (χ1n) is 6.42. The van der Waals surface area contributed by atoms with Crippen molar-refractivity contribution >= 4 is 17.4 Å². The highest BCUT2D eigenvalue weighted by atomic mass is 35.5. The van der Waals surface area contributed by atoms with Gasteiger partial charge in [-0.1, -0.05) is 11.6 Å². The van der Waals surface area contributed by atoms with Crippen molar-refractivity contribution in [1.82, 2.24) is 4.57 Å². The van der Waals surface area contributed by atoms with E-state index in [4.69, 9.17) is 21.6 Å². The molecule has 0 aliphatic heterocycles. The number of ketones is 1. The van der Waals surface area contributed by atoms with Crippen molar-refractivity contribution < 1.29 is 9.53 Å². The molecule has 1 heterocycles. The van der Waals surface area contributed by atoms with Crippen LogP contribution in [0.4, 0.5) is 0 Å². The largest absolute Gasteiger partial charge is 0.485 e. The second kappa shape index (κ2) is 6.02. The van der Waals surface area contributed by atoms with Crippen LogP contribution in [0, 0.1) is 25.2 Å². The molecule has 0 aliphatic rings. The molecule has 0 aliphatic carbocycles. The Hall–Kier alpha value is -2.25. The number of benzene rings is 1. The van der Waals surface area contributed by atoms with Crippen LogP contribution in [0.25, 0.3) is 0 Å². The van der Waals surface area contributed by atoms with Gasteiger partial charge in [0.25, 0.3) is 0 Å². The first kappa shape index (κ1) is 15.1. The molecule has 1 aromatic carbocycles. The molecule has 2 aromatic rings. The summed E-state index contributed by atoms with van der Waals surface area (Å²) in [6.07, 6.45) is 0. The van der Waals surface area contributed by atoms with E-state index in [9.17, 15) is 4.79 Å². The fourth-order valence-electron chi connectivity index (χ4n) is 2.04. The Bertz CT molecular complexity index is 741. The fraction of sp³-hybridized carbons (Fsp3) is 0.250. The van der Waals surface area contributed by atoms with Gasteiger partial charge in [0, 0.05) is 30.1 Å². The van der Waals surface area contributed by atoms with Crippen LogP contribution < -0.4 is 4.74 Å². The van der Waals surface area contributed by atoms with Gasteiger partial charge in [-0.3, -0.25) is 4.79 Å². The van der Waals surface area contributed by atoms with E-state index in [1.54, 1.807) is 12.1 Å². The average Bonchev–Trinajstić information content (AvgIpc) is 2.72. The van der Waals surface area contributed by atoms with Crippen molar-refractivity contribution in [3.63, 3.8) is 0 Å². The topological polar surface area (TPSA) is 55.0 Å². The highest BCUT2D eigenvalue weighted by Crippen LogP contribution is 2.22. The van der Waals surface area contributed by atoms with E-state index in [2.05, 4.69) is 0 Å². The average molecular weight is 303 g/mol. The molecule has 1 aromatic heterocycles. The molecule has 0 unspecified atom stereocenters. The van der Waals surface area contributed by atoms with E-state index >= 15 is 0 Å². The number of carbonyl (C=O) groups excluding carboxylic acids is 1. The summed E-state index contributed by atoms with van der Waals surface area (Å²) in [7, 11) is 1.92. The maximum Gasteiger partial charge on any atom is 0.202 e. The second-order valence-electron chi connectivity index (χ2n) is 4.81. The van der Waals surface area contributed by atoms with Crippen LogP contribution in [0.2, 0.25) is 5.02 Å². The molecule has 4 nitrogen and oxygen atoms in total. The van der Waals surface area contributed by atoms with E-state index in [0.29, 0.717) is 21.9 Å². The lowest BCUT2D eigenvalue weighted by molar-refractivity contribution is 0.0921. The highest BCUT2D eigenvalue weighted by molar-refractivity contribution is 6.31. The lowest BCUT2D eigenvalue weighted by Gasteiger charge is -2.07. The maximum atomic E-state index is 12.2. The summed E-state index contributed by atoms with van der Waals surface area (Å²) in [4.78, 5) is 12.2. The maximum absolute atomic E-state index is 12.2. The predicted octanol–water partition coefficient (Wildman–Crippen LogP) is 3.43. The molecule has 0 bridgehead atoms. The fourth-order valence-corrected chi connectivity index (χ4v) is 2.25. The summed E-state index contributed by atoms with van der Waals surface area (Å²) in [5.41, 5.74) is 2.98. The number of Topliss-reactive ketones (excluding diaryl/α,β-unsaturated/α-hetero) is 1. The van der Waals surface area contributed by atoms with Crippen molar-refractivity contribution in [2.45, 2.75) is 13.8 Å². The van der Waals surface area contributed by atoms with E-state index in [0.717, 1.165) is 11.4 Å². The molecular weight excluding hydrogens is 288 g/mol. The normalized spacial score (nSPS) is 10.2. The number of nitriles is 1.